The Labute approximate surface area is 238 Å². The zero-order valence-corrected chi connectivity index (χ0v) is 23.6. The maximum atomic E-state index is 13.1. The number of aliphatic hydroxyl groups is 1. The number of ketones is 1. The first-order valence-electron chi connectivity index (χ1n) is 13.6. The lowest BCUT2D eigenvalue weighted by atomic mass is 9.98. The summed E-state index contributed by atoms with van der Waals surface area (Å²) in [5, 5.41) is 14.7. The van der Waals surface area contributed by atoms with Crippen molar-refractivity contribution in [2.75, 3.05) is 50.1 Å². The van der Waals surface area contributed by atoms with Gasteiger partial charge in [0.15, 0.2) is 17.9 Å². The lowest BCUT2D eigenvalue weighted by molar-refractivity contribution is 0.0209. The van der Waals surface area contributed by atoms with E-state index >= 15 is 0 Å². The number of benzene rings is 1. The molecular weight excluding hydrogens is 536 g/mol. The number of halogens is 1. The second kappa shape index (κ2) is 12.9. The van der Waals surface area contributed by atoms with Crippen LogP contribution in [-0.4, -0.2) is 82.8 Å². The van der Waals surface area contributed by atoms with Crippen LogP contribution in [-0.2, 0) is 24.3 Å². The number of aromatic nitrogens is 3. The SMILES string of the molecule is CCN(C)c1nc(NC2COC2)cc(C(=O)CC[C@H](O)CN2CCc3c(ccc(OCc4cnco4)c3Cl)C2)n1. The Morgan fingerprint density at radius 3 is 2.92 bits per heavy atom. The molecule has 214 valence electrons. The van der Waals surface area contributed by atoms with E-state index in [9.17, 15) is 9.90 Å². The summed E-state index contributed by atoms with van der Waals surface area (Å²) in [7, 11) is 1.89. The Hall–Kier alpha value is -3.25. The third-order valence-electron chi connectivity index (χ3n) is 7.21. The molecule has 0 spiro atoms. The summed E-state index contributed by atoms with van der Waals surface area (Å²) in [6.07, 6.45) is 3.62. The van der Waals surface area contributed by atoms with Gasteiger partial charge in [-0.25, -0.2) is 9.97 Å². The van der Waals surface area contributed by atoms with E-state index in [4.69, 9.17) is 25.5 Å². The van der Waals surface area contributed by atoms with E-state index in [0.29, 0.717) is 73.3 Å². The second-order valence-corrected chi connectivity index (χ2v) is 10.6. The number of hydrogen-bond donors (Lipinski definition) is 2. The number of fused-ring (bicyclic) bond motifs is 1. The van der Waals surface area contributed by atoms with Gasteiger partial charge in [-0.1, -0.05) is 17.7 Å². The molecule has 0 bridgehead atoms. The van der Waals surface area contributed by atoms with Crippen molar-refractivity contribution >= 4 is 29.2 Å². The minimum atomic E-state index is -0.644. The number of anilines is 2. The molecule has 1 aromatic carbocycles. The van der Waals surface area contributed by atoms with Gasteiger partial charge in [0.05, 0.1) is 36.6 Å². The number of oxazole rings is 1. The highest BCUT2D eigenvalue weighted by atomic mass is 35.5. The van der Waals surface area contributed by atoms with Gasteiger partial charge >= 0.3 is 0 Å². The van der Waals surface area contributed by atoms with Crippen molar-refractivity contribution in [3.63, 3.8) is 0 Å². The van der Waals surface area contributed by atoms with Gasteiger partial charge in [-0.05, 0) is 37.0 Å². The van der Waals surface area contributed by atoms with E-state index < -0.39 is 6.10 Å². The van der Waals surface area contributed by atoms with Crippen LogP contribution in [0.3, 0.4) is 0 Å². The molecule has 2 aliphatic rings. The van der Waals surface area contributed by atoms with Crippen molar-refractivity contribution in [2.45, 2.75) is 51.5 Å². The zero-order chi connectivity index (χ0) is 28.1. The van der Waals surface area contributed by atoms with Gasteiger partial charge in [0.2, 0.25) is 5.95 Å². The Morgan fingerprint density at radius 1 is 1.35 bits per heavy atom. The van der Waals surface area contributed by atoms with E-state index in [1.165, 1.54) is 6.39 Å². The van der Waals surface area contributed by atoms with Crippen LogP contribution in [0.15, 0.2) is 35.2 Å². The summed E-state index contributed by atoms with van der Waals surface area (Å²) in [5.41, 5.74) is 2.52. The minimum absolute atomic E-state index is 0.117. The minimum Gasteiger partial charge on any atom is -0.484 e. The maximum absolute atomic E-state index is 13.1. The van der Waals surface area contributed by atoms with Gasteiger partial charge < -0.3 is 29.2 Å². The Kier molecular flexibility index (Phi) is 9.15. The Morgan fingerprint density at radius 2 is 2.20 bits per heavy atom. The molecule has 5 rings (SSSR count). The van der Waals surface area contributed by atoms with Gasteiger partial charge in [-0.15, -0.1) is 0 Å². The number of Topliss-reactive ketones (excluding diaryl/α,β-unsaturated/α-hetero) is 1. The van der Waals surface area contributed by atoms with Crippen molar-refractivity contribution in [1.82, 2.24) is 19.9 Å². The summed E-state index contributed by atoms with van der Waals surface area (Å²) < 4.78 is 16.3. The van der Waals surface area contributed by atoms with E-state index in [1.54, 1.807) is 12.3 Å². The first-order chi connectivity index (χ1) is 19.4. The predicted molar refractivity (Wildman–Crippen MR) is 150 cm³/mol. The summed E-state index contributed by atoms with van der Waals surface area (Å²) in [4.78, 5) is 30.1. The lowest BCUT2D eigenvalue weighted by Gasteiger charge is -2.31. The van der Waals surface area contributed by atoms with Crippen LogP contribution in [0.25, 0.3) is 0 Å². The highest BCUT2D eigenvalue weighted by Crippen LogP contribution is 2.34. The molecule has 12 heteroatoms. The Balaban J connectivity index is 1.14. The fraction of sp³-hybridized carbons (Fsp3) is 0.500. The van der Waals surface area contributed by atoms with E-state index in [1.807, 2.05) is 31.0 Å². The number of aliphatic hydroxyl groups excluding tert-OH is 1. The molecule has 1 saturated heterocycles. The molecule has 11 nitrogen and oxygen atoms in total. The van der Waals surface area contributed by atoms with Crippen LogP contribution in [0.1, 0.15) is 47.1 Å². The number of ether oxygens (including phenoxy) is 2. The van der Waals surface area contributed by atoms with Gasteiger partial charge in [0, 0.05) is 45.7 Å². The molecule has 40 heavy (non-hydrogen) atoms. The smallest absolute Gasteiger partial charge is 0.227 e. The maximum Gasteiger partial charge on any atom is 0.227 e. The molecule has 0 aliphatic carbocycles. The van der Waals surface area contributed by atoms with Crippen molar-refractivity contribution in [3.05, 3.63) is 58.4 Å². The van der Waals surface area contributed by atoms with E-state index in [-0.39, 0.29) is 24.9 Å². The van der Waals surface area contributed by atoms with Gasteiger partial charge in [-0.3, -0.25) is 9.69 Å². The third-order valence-corrected chi connectivity index (χ3v) is 7.62. The number of carbonyl (C=O) groups is 1. The monoisotopic (exact) mass is 570 g/mol. The molecule has 2 aliphatic heterocycles. The van der Waals surface area contributed by atoms with E-state index in [2.05, 4.69) is 25.2 Å². The highest BCUT2D eigenvalue weighted by Gasteiger charge is 2.24. The van der Waals surface area contributed by atoms with Crippen LogP contribution >= 0.6 is 11.6 Å². The first kappa shape index (κ1) is 28.3. The highest BCUT2D eigenvalue weighted by molar-refractivity contribution is 6.33. The van der Waals surface area contributed by atoms with Crippen LogP contribution in [0.2, 0.25) is 5.02 Å². The molecule has 4 heterocycles. The standard InChI is InChI=1S/C28H35ClN6O5/c1-3-34(2)28-32-23(10-26(33-28)31-19-14-38-15-19)24(37)6-5-20(36)13-35-9-8-22-18(12-35)4-7-25(27(22)29)39-16-21-11-30-17-40-21/h4,7,10-11,17,19-20,36H,3,5-6,8-9,12-16H2,1-2H3,(H,31,32,33)/t20-/m0/s1. The predicted octanol–water partition coefficient (Wildman–Crippen LogP) is 3.35. The Bertz CT molecular complexity index is 1300. The summed E-state index contributed by atoms with van der Waals surface area (Å²) in [6, 6.07) is 5.75. The van der Waals surface area contributed by atoms with Gasteiger partial charge in [0.25, 0.3) is 0 Å². The fourth-order valence-corrected chi connectivity index (χ4v) is 5.02. The number of rotatable bonds is 13. The van der Waals surface area contributed by atoms with Crippen LogP contribution in [0, 0.1) is 0 Å². The normalized spacial score (nSPS) is 16.2. The van der Waals surface area contributed by atoms with Crippen molar-refractivity contribution in [3.8, 4) is 5.75 Å². The lowest BCUT2D eigenvalue weighted by Crippen LogP contribution is -2.40. The van der Waals surface area contributed by atoms with Crippen molar-refractivity contribution < 1.29 is 23.8 Å². The number of hydrogen-bond acceptors (Lipinski definition) is 11. The zero-order valence-electron chi connectivity index (χ0n) is 22.8. The largest absolute Gasteiger partial charge is 0.484 e. The average Bonchev–Trinajstić information content (AvgIpc) is 3.46. The molecule has 2 aromatic heterocycles. The second-order valence-electron chi connectivity index (χ2n) is 10.2. The third kappa shape index (κ3) is 6.90. The van der Waals surface area contributed by atoms with Crippen molar-refractivity contribution in [2.24, 2.45) is 0 Å². The number of nitrogens with one attached hydrogen (secondary N) is 1. The molecule has 1 atom stereocenters. The summed E-state index contributed by atoms with van der Waals surface area (Å²) in [6.45, 7) is 6.09. The molecule has 1 fully saturated rings. The molecule has 0 unspecified atom stereocenters. The summed E-state index contributed by atoms with van der Waals surface area (Å²) >= 11 is 6.65. The fourth-order valence-electron chi connectivity index (χ4n) is 4.68. The van der Waals surface area contributed by atoms with E-state index in [0.717, 1.165) is 24.1 Å². The first-order valence-corrected chi connectivity index (χ1v) is 14.0. The average molecular weight is 571 g/mol. The summed E-state index contributed by atoms with van der Waals surface area (Å²) in [5.74, 6) is 2.23. The molecule has 3 aromatic rings. The van der Waals surface area contributed by atoms with Crippen LogP contribution in [0.4, 0.5) is 11.8 Å². The number of nitrogens with zero attached hydrogens (tertiary/aromatic N) is 5. The van der Waals surface area contributed by atoms with Gasteiger partial charge in [-0.2, -0.15) is 4.98 Å². The molecule has 0 radical (unpaired) electrons. The number of β-amino-alcohol motifs (C(OH)–C–C–N with tert-alkyl or cyclic N) is 1. The quantitative estimate of drug-likeness (QED) is 0.294. The molecule has 0 amide bonds. The molecule has 2 N–H and O–H groups in total. The van der Waals surface area contributed by atoms with Gasteiger partial charge in [0.1, 0.15) is 23.9 Å². The van der Waals surface area contributed by atoms with Crippen LogP contribution < -0.4 is 15.0 Å². The molecular formula is C28H35ClN6O5. The van der Waals surface area contributed by atoms with Crippen molar-refractivity contribution in [1.29, 1.82) is 0 Å². The number of carbonyl (C=O) groups excluding carboxylic acids is 1. The molecule has 0 saturated carbocycles. The van der Waals surface area contributed by atoms with Crippen LogP contribution in [0.5, 0.6) is 5.75 Å². The topological polar surface area (TPSA) is 126 Å².